The number of piperazine rings is 1. The van der Waals surface area contributed by atoms with Crippen molar-refractivity contribution in [3.63, 3.8) is 0 Å². The molecule has 19 heavy (non-hydrogen) atoms. The maximum atomic E-state index is 12.4. The molecular formula is C13H14N2O3S. The molecule has 0 bridgehead atoms. The Balaban J connectivity index is 2.30. The van der Waals surface area contributed by atoms with Crippen molar-refractivity contribution in [2.24, 2.45) is 0 Å². The number of nitrogens with one attached hydrogen (secondary N) is 1. The lowest BCUT2D eigenvalue weighted by molar-refractivity contribution is -0.138. The number of hydrogen-bond acceptors (Lipinski definition) is 4. The van der Waals surface area contributed by atoms with Crippen LogP contribution < -0.4 is 5.32 Å². The second kappa shape index (κ2) is 5.44. The SMILES string of the molecule is CCC1C(=O)NC(=O)CN1C(=O)c1cccc(S)c1. The Morgan fingerprint density at radius 2 is 2.21 bits per heavy atom. The van der Waals surface area contributed by atoms with Crippen LogP contribution in [0.3, 0.4) is 0 Å². The molecule has 5 nitrogen and oxygen atoms in total. The van der Waals surface area contributed by atoms with Crippen molar-refractivity contribution in [2.45, 2.75) is 24.3 Å². The first-order valence-corrected chi connectivity index (χ1v) is 6.41. The predicted octanol–water partition coefficient (Wildman–Crippen LogP) is 0.852. The summed E-state index contributed by atoms with van der Waals surface area (Å²) in [6.07, 6.45) is 0.464. The zero-order chi connectivity index (χ0) is 14.0. The average molecular weight is 278 g/mol. The van der Waals surface area contributed by atoms with Crippen molar-refractivity contribution in [2.75, 3.05) is 6.54 Å². The van der Waals surface area contributed by atoms with E-state index in [9.17, 15) is 14.4 Å². The van der Waals surface area contributed by atoms with Crippen LogP contribution in [-0.2, 0) is 9.59 Å². The van der Waals surface area contributed by atoms with Gasteiger partial charge in [-0.3, -0.25) is 19.7 Å². The van der Waals surface area contributed by atoms with Crippen LogP contribution in [0.25, 0.3) is 0 Å². The van der Waals surface area contributed by atoms with E-state index in [2.05, 4.69) is 17.9 Å². The van der Waals surface area contributed by atoms with E-state index in [1.807, 2.05) is 0 Å². The topological polar surface area (TPSA) is 66.5 Å². The number of hydrogen-bond donors (Lipinski definition) is 2. The van der Waals surface area contributed by atoms with Crippen LogP contribution >= 0.6 is 12.6 Å². The van der Waals surface area contributed by atoms with Crippen LogP contribution in [0.2, 0.25) is 0 Å². The molecule has 6 heteroatoms. The van der Waals surface area contributed by atoms with Gasteiger partial charge in [0.15, 0.2) is 0 Å². The predicted molar refractivity (Wildman–Crippen MR) is 72.0 cm³/mol. The van der Waals surface area contributed by atoms with Crippen LogP contribution in [0.5, 0.6) is 0 Å². The summed E-state index contributed by atoms with van der Waals surface area (Å²) in [5, 5.41) is 2.24. The molecule has 1 aromatic rings. The molecule has 1 aliphatic rings. The standard InChI is InChI=1S/C13H14N2O3S/c1-2-10-12(17)14-11(16)7-15(10)13(18)8-4-3-5-9(19)6-8/h3-6,10,19H,2,7H2,1H3,(H,14,16,17). The number of nitrogens with zero attached hydrogens (tertiary/aromatic N) is 1. The molecule has 0 aliphatic carbocycles. The molecule has 1 saturated heterocycles. The van der Waals surface area contributed by atoms with Crippen LogP contribution in [-0.4, -0.2) is 35.2 Å². The summed E-state index contributed by atoms with van der Waals surface area (Å²) in [6.45, 7) is 1.70. The lowest BCUT2D eigenvalue weighted by Gasteiger charge is -2.33. The summed E-state index contributed by atoms with van der Waals surface area (Å²) in [7, 11) is 0. The van der Waals surface area contributed by atoms with E-state index in [1.54, 1.807) is 31.2 Å². The number of carbonyl (C=O) groups excluding carboxylic acids is 3. The van der Waals surface area contributed by atoms with Gasteiger partial charge in [-0.05, 0) is 24.6 Å². The smallest absolute Gasteiger partial charge is 0.255 e. The lowest BCUT2D eigenvalue weighted by Crippen LogP contribution is -2.59. The van der Waals surface area contributed by atoms with Crippen LogP contribution in [0, 0.1) is 0 Å². The first-order chi connectivity index (χ1) is 9.02. The highest BCUT2D eigenvalue weighted by molar-refractivity contribution is 7.80. The molecule has 0 spiro atoms. The molecule has 0 saturated carbocycles. The van der Waals surface area contributed by atoms with Crippen LogP contribution in [0.1, 0.15) is 23.7 Å². The summed E-state index contributed by atoms with van der Waals surface area (Å²) in [4.78, 5) is 37.5. The van der Waals surface area contributed by atoms with Gasteiger partial charge >= 0.3 is 0 Å². The maximum absolute atomic E-state index is 12.4. The van der Waals surface area contributed by atoms with E-state index in [-0.39, 0.29) is 12.5 Å². The maximum Gasteiger partial charge on any atom is 0.255 e. The number of thiol groups is 1. The molecule has 1 unspecified atom stereocenters. The van der Waals surface area contributed by atoms with Crippen molar-refractivity contribution in [1.29, 1.82) is 0 Å². The van der Waals surface area contributed by atoms with Gasteiger partial charge < -0.3 is 4.90 Å². The Labute approximate surface area is 116 Å². The third kappa shape index (κ3) is 2.78. The second-order valence-corrected chi connectivity index (χ2v) is 4.84. The largest absolute Gasteiger partial charge is 0.317 e. The monoisotopic (exact) mass is 278 g/mol. The molecular weight excluding hydrogens is 264 g/mol. The molecule has 3 amide bonds. The van der Waals surface area contributed by atoms with E-state index in [1.165, 1.54) is 4.90 Å². The molecule has 1 fully saturated rings. The molecule has 1 aliphatic heterocycles. The van der Waals surface area contributed by atoms with Crippen molar-refractivity contribution in [1.82, 2.24) is 10.2 Å². The number of rotatable bonds is 2. The van der Waals surface area contributed by atoms with E-state index in [4.69, 9.17) is 0 Å². The highest BCUT2D eigenvalue weighted by atomic mass is 32.1. The van der Waals surface area contributed by atoms with Gasteiger partial charge in [0, 0.05) is 10.5 Å². The van der Waals surface area contributed by atoms with Crippen molar-refractivity contribution >= 4 is 30.4 Å². The molecule has 2 rings (SSSR count). The fraction of sp³-hybridized carbons (Fsp3) is 0.308. The Morgan fingerprint density at radius 3 is 2.84 bits per heavy atom. The Morgan fingerprint density at radius 1 is 1.47 bits per heavy atom. The van der Waals surface area contributed by atoms with Gasteiger partial charge in [0.2, 0.25) is 11.8 Å². The van der Waals surface area contributed by atoms with Gasteiger partial charge in [-0.15, -0.1) is 12.6 Å². The number of benzene rings is 1. The van der Waals surface area contributed by atoms with Gasteiger partial charge in [-0.1, -0.05) is 13.0 Å². The number of amides is 3. The Bertz CT molecular complexity index is 544. The normalized spacial score (nSPS) is 19.3. The van der Waals surface area contributed by atoms with E-state index in [0.29, 0.717) is 16.9 Å². The molecule has 1 atom stereocenters. The van der Waals surface area contributed by atoms with Crippen molar-refractivity contribution < 1.29 is 14.4 Å². The Kier molecular flexibility index (Phi) is 3.90. The van der Waals surface area contributed by atoms with Gasteiger partial charge in [-0.25, -0.2) is 0 Å². The van der Waals surface area contributed by atoms with Gasteiger partial charge in [0.1, 0.15) is 12.6 Å². The zero-order valence-electron chi connectivity index (χ0n) is 10.4. The lowest BCUT2D eigenvalue weighted by atomic mass is 10.1. The molecule has 1 heterocycles. The van der Waals surface area contributed by atoms with Crippen molar-refractivity contribution in [3.8, 4) is 0 Å². The molecule has 100 valence electrons. The van der Waals surface area contributed by atoms with Crippen molar-refractivity contribution in [3.05, 3.63) is 29.8 Å². The summed E-state index contributed by atoms with van der Waals surface area (Å²) in [5.41, 5.74) is 0.424. The quantitative estimate of drug-likeness (QED) is 0.622. The molecule has 0 radical (unpaired) electrons. The van der Waals surface area contributed by atoms with Crippen LogP contribution in [0.15, 0.2) is 29.2 Å². The Hall–Kier alpha value is -1.82. The average Bonchev–Trinajstić information content (AvgIpc) is 2.37. The summed E-state index contributed by atoms with van der Waals surface area (Å²) in [5.74, 6) is -1.20. The van der Waals surface area contributed by atoms with E-state index >= 15 is 0 Å². The summed E-state index contributed by atoms with van der Waals surface area (Å²) >= 11 is 4.18. The van der Waals surface area contributed by atoms with Crippen LogP contribution in [0.4, 0.5) is 0 Å². The highest BCUT2D eigenvalue weighted by Gasteiger charge is 2.35. The minimum absolute atomic E-state index is 0.0973. The number of carbonyl (C=O) groups is 3. The first-order valence-electron chi connectivity index (χ1n) is 5.96. The zero-order valence-corrected chi connectivity index (χ0v) is 11.3. The van der Waals surface area contributed by atoms with E-state index < -0.39 is 17.9 Å². The fourth-order valence-electron chi connectivity index (χ4n) is 2.09. The second-order valence-electron chi connectivity index (χ2n) is 4.32. The fourth-order valence-corrected chi connectivity index (χ4v) is 2.32. The third-order valence-corrected chi connectivity index (χ3v) is 3.27. The first kappa shape index (κ1) is 13.6. The van der Waals surface area contributed by atoms with Gasteiger partial charge in [0.25, 0.3) is 5.91 Å². The van der Waals surface area contributed by atoms with Gasteiger partial charge in [0.05, 0.1) is 0 Å². The highest BCUT2D eigenvalue weighted by Crippen LogP contribution is 2.16. The minimum Gasteiger partial charge on any atom is -0.317 e. The minimum atomic E-state index is -0.603. The summed E-state index contributed by atoms with van der Waals surface area (Å²) < 4.78 is 0. The third-order valence-electron chi connectivity index (χ3n) is 3.00. The molecule has 1 N–H and O–H groups in total. The molecule has 0 aromatic heterocycles. The number of imide groups is 1. The summed E-state index contributed by atoms with van der Waals surface area (Å²) in [6, 6.07) is 6.13. The molecule has 1 aromatic carbocycles. The van der Waals surface area contributed by atoms with Gasteiger partial charge in [-0.2, -0.15) is 0 Å². The van der Waals surface area contributed by atoms with E-state index in [0.717, 1.165) is 0 Å².